The van der Waals surface area contributed by atoms with E-state index in [1.165, 1.54) is 0 Å². The minimum absolute atomic E-state index is 0.00417. The van der Waals surface area contributed by atoms with Crippen LogP contribution in [0.1, 0.15) is 35.1 Å². The summed E-state index contributed by atoms with van der Waals surface area (Å²) in [5.41, 5.74) is 1.64. The molecule has 5 N–H and O–H groups in total. The Kier molecular flexibility index (Phi) is 10.2. The highest BCUT2D eigenvalue weighted by Gasteiger charge is 2.53. The standard InChI is InChI=1S/C31H39N7O8S/c1-19-11-20(2)26(21(3)12-19)47(43,44)37-25(28(40)41)16-34-27(39)24-14-31(46-36-24)13-23(15-35-29-32-9-10-33-29)38(18-31)30(42)45-17-22-7-5-4-6-8-22/h4-9,11-12,23,25,29,33,35,37H,10,13-18H2,1-3H3,(H,34,39)(H,40,41)/t23-,25-,29?,31+/m0/s1. The SMILES string of the molecule is Cc1cc(C)c(S(=O)(=O)N[C@@H](CNC(=O)C2=NO[C@@]3(C2)C[C@@H](CNC2N=CCN2)N(C(=O)OCc2ccccc2)C3)C(=O)O)c(C)c1. The lowest BCUT2D eigenvalue weighted by molar-refractivity contribution is -0.138. The van der Waals surface area contributed by atoms with Gasteiger partial charge in [-0.05, 0) is 37.5 Å². The van der Waals surface area contributed by atoms with E-state index in [0.29, 0.717) is 30.6 Å². The molecule has 3 heterocycles. The molecule has 2 aromatic rings. The van der Waals surface area contributed by atoms with Crippen molar-refractivity contribution in [2.75, 3.05) is 26.2 Å². The normalized spacial score (nSPS) is 22.6. The van der Waals surface area contributed by atoms with E-state index in [9.17, 15) is 27.9 Å². The van der Waals surface area contributed by atoms with Crippen LogP contribution in [-0.4, -0.2) is 98.5 Å². The molecule has 5 rings (SSSR count). The van der Waals surface area contributed by atoms with Crippen LogP contribution in [-0.2, 0) is 35.8 Å². The summed E-state index contributed by atoms with van der Waals surface area (Å²) in [5, 5.41) is 22.6. The Morgan fingerprint density at radius 2 is 1.89 bits per heavy atom. The first-order valence-electron chi connectivity index (χ1n) is 15.2. The van der Waals surface area contributed by atoms with Gasteiger partial charge in [0.1, 0.15) is 18.4 Å². The number of ether oxygens (including phenoxy) is 1. The number of hydrogen-bond donors (Lipinski definition) is 5. The van der Waals surface area contributed by atoms with Crippen LogP contribution >= 0.6 is 0 Å². The second kappa shape index (κ2) is 14.2. The van der Waals surface area contributed by atoms with E-state index in [4.69, 9.17) is 9.57 Å². The van der Waals surface area contributed by atoms with Crippen molar-refractivity contribution in [2.24, 2.45) is 10.1 Å². The first kappa shape index (κ1) is 34.0. The maximum absolute atomic E-state index is 13.2. The number of rotatable bonds is 12. The van der Waals surface area contributed by atoms with Crippen molar-refractivity contribution >= 4 is 39.9 Å². The fraction of sp³-hybridized carbons (Fsp3) is 0.452. The van der Waals surface area contributed by atoms with Crippen molar-refractivity contribution in [1.29, 1.82) is 0 Å². The van der Waals surface area contributed by atoms with E-state index < -0.39 is 46.2 Å². The van der Waals surface area contributed by atoms with Crippen molar-refractivity contribution < 1.29 is 37.5 Å². The Hall–Kier alpha value is -4.38. The number of nitrogens with one attached hydrogen (secondary N) is 4. The van der Waals surface area contributed by atoms with Crippen molar-refractivity contribution in [3.8, 4) is 0 Å². The van der Waals surface area contributed by atoms with E-state index >= 15 is 0 Å². The molecule has 3 aliphatic heterocycles. The van der Waals surface area contributed by atoms with Crippen molar-refractivity contribution in [2.45, 2.75) is 69.1 Å². The maximum Gasteiger partial charge on any atom is 0.410 e. The number of hydrogen-bond acceptors (Lipinski definition) is 11. The predicted octanol–water partition coefficient (Wildman–Crippen LogP) is 0.933. The molecule has 1 spiro atoms. The summed E-state index contributed by atoms with van der Waals surface area (Å²) in [4.78, 5) is 50.0. The van der Waals surface area contributed by atoms with Crippen LogP contribution < -0.4 is 20.7 Å². The van der Waals surface area contributed by atoms with Crippen molar-refractivity contribution in [3.05, 3.63) is 64.7 Å². The van der Waals surface area contributed by atoms with Gasteiger partial charge in [0, 0.05) is 38.7 Å². The predicted molar refractivity (Wildman–Crippen MR) is 171 cm³/mol. The Morgan fingerprint density at radius 3 is 2.55 bits per heavy atom. The Morgan fingerprint density at radius 1 is 1.17 bits per heavy atom. The molecule has 1 fully saturated rings. The molecule has 3 aliphatic rings. The van der Waals surface area contributed by atoms with Crippen molar-refractivity contribution in [3.63, 3.8) is 0 Å². The number of amides is 2. The first-order chi connectivity index (χ1) is 22.4. The van der Waals surface area contributed by atoms with Crippen LogP contribution in [0.4, 0.5) is 4.79 Å². The second-order valence-electron chi connectivity index (χ2n) is 12.0. The van der Waals surface area contributed by atoms with Gasteiger partial charge in [-0.25, -0.2) is 13.2 Å². The maximum atomic E-state index is 13.2. The molecule has 0 bridgehead atoms. The molecule has 0 aliphatic carbocycles. The third kappa shape index (κ3) is 8.13. The number of sulfonamides is 1. The number of carboxylic acids is 1. The highest BCUT2D eigenvalue weighted by atomic mass is 32.2. The fourth-order valence-corrected chi connectivity index (χ4v) is 7.78. The monoisotopic (exact) mass is 669 g/mol. The number of aliphatic imine (C=N–C) groups is 1. The van der Waals surface area contributed by atoms with Crippen LogP contribution in [0.15, 0.2) is 57.5 Å². The smallest absolute Gasteiger partial charge is 0.410 e. The molecule has 2 amide bonds. The van der Waals surface area contributed by atoms with E-state index in [-0.39, 0.29) is 42.5 Å². The van der Waals surface area contributed by atoms with Crippen LogP contribution in [0.2, 0.25) is 0 Å². The Balaban J connectivity index is 1.21. The van der Waals surface area contributed by atoms with Crippen LogP contribution in [0.5, 0.6) is 0 Å². The summed E-state index contributed by atoms with van der Waals surface area (Å²) in [6, 6.07) is 10.7. The molecule has 4 atom stereocenters. The van der Waals surface area contributed by atoms with Gasteiger partial charge < -0.3 is 20.0 Å². The summed E-state index contributed by atoms with van der Waals surface area (Å²) >= 11 is 0. The molecule has 0 radical (unpaired) electrons. The van der Waals surface area contributed by atoms with Gasteiger partial charge in [-0.2, -0.15) is 4.72 Å². The first-order valence-corrected chi connectivity index (χ1v) is 16.7. The van der Waals surface area contributed by atoms with E-state index in [2.05, 4.69) is 30.8 Å². The molecule has 15 nitrogen and oxygen atoms in total. The molecular formula is C31H39N7O8S. The lowest BCUT2D eigenvalue weighted by atomic mass is 9.94. The lowest BCUT2D eigenvalue weighted by Crippen LogP contribution is -2.49. The van der Waals surface area contributed by atoms with Crippen LogP contribution in [0.25, 0.3) is 0 Å². The number of carbonyl (C=O) groups is 3. The summed E-state index contributed by atoms with van der Waals surface area (Å²) in [6.45, 7) is 5.73. The number of carboxylic acid groups (broad SMARTS) is 1. The molecule has 1 unspecified atom stereocenters. The highest BCUT2D eigenvalue weighted by Crippen LogP contribution is 2.38. The van der Waals surface area contributed by atoms with E-state index in [1.807, 2.05) is 37.3 Å². The van der Waals surface area contributed by atoms with E-state index in [1.54, 1.807) is 37.1 Å². The van der Waals surface area contributed by atoms with Crippen LogP contribution in [0.3, 0.4) is 0 Å². The minimum Gasteiger partial charge on any atom is -0.480 e. The topological polar surface area (TPSA) is 200 Å². The average molecular weight is 670 g/mol. The zero-order chi connectivity index (χ0) is 33.8. The van der Waals surface area contributed by atoms with Gasteiger partial charge in [0.2, 0.25) is 10.0 Å². The average Bonchev–Trinajstić information content (AvgIpc) is 3.77. The molecule has 0 aromatic heterocycles. The largest absolute Gasteiger partial charge is 0.480 e. The van der Waals surface area contributed by atoms with E-state index in [0.717, 1.165) is 11.1 Å². The number of aryl methyl sites for hydroxylation is 3. The third-order valence-electron chi connectivity index (χ3n) is 8.19. The zero-order valence-corrected chi connectivity index (χ0v) is 27.2. The third-order valence-corrected chi connectivity index (χ3v) is 9.96. The summed E-state index contributed by atoms with van der Waals surface area (Å²) in [6.07, 6.45) is 1.29. The van der Waals surface area contributed by atoms with Gasteiger partial charge in [-0.1, -0.05) is 53.2 Å². The van der Waals surface area contributed by atoms with Gasteiger partial charge in [0.05, 0.1) is 17.5 Å². The molecule has 1 saturated heterocycles. The van der Waals surface area contributed by atoms with Gasteiger partial charge in [0.25, 0.3) is 5.91 Å². The molecule has 252 valence electrons. The van der Waals surface area contributed by atoms with Gasteiger partial charge in [-0.3, -0.25) is 30.1 Å². The Labute approximate surface area is 272 Å². The number of oxime groups is 1. The number of nitrogens with zero attached hydrogens (tertiary/aromatic N) is 3. The minimum atomic E-state index is -4.23. The van der Waals surface area contributed by atoms with Crippen LogP contribution in [0, 0.1) is 20.8 Å². The number of benzene rings is 2. The molecule has 2 aromatic carbocycles. The van der Waals surface area contributed by atoms with Gasteiger partial charge in [-0.15, -0.1) is 0 Å². The van der Waals surface area contributed by atoms with Crippen molar-refractivity contribution in [1.82, 2.24) is 25.6 Å². The molecular weight excluding hydrogens is 630 g/mol. The fourth-order valence-electron chi connectivity index (χ4n) is 6.14. The van der Waals surface area contributed by atoms with Gasteiger partial charge in [0.15, 0.2) is 11.9 Å². The lowest BCUT2D eigenvalue weighted by Gasteiger charge is -2.25. The molecule has 0 saturated carbocycles. The summed E-state index contributed by atoms with van der Waals surface area (Å²) < 4.78 is 34.1. The molecule has 47 heavy (non-hydrogen) atoms. The molecule has 16 heteroatoms. The quantitative estimate of drug-likeness (QED) is 0.217. The number of aliphatic carboxylic acids is 1. The summed E-state index contributed by atoms with van der Waals surface area (Å²) in [7, 11) is -4.23. The highest BCUT2D eigenvalue weighted by molar-refractivity contribution is 7.89. The second-order valence-corrected chi connectivity index (χ2v) is 13.7. The Bertz CT molecular complexity index is 1660. The zero-order valence-electron chi connectivity index (χ0n) is 26.4. The van der Waals surface area contributed by atoms with Gasteiger partial charge >= 0.3 is 12.1 Å². The summed E-state index contributed by atoms with van der Waals surface area (Å²) in [5.74, 6) is -2.17. The number of carbonyl (C=O) groups excluding carboxylic acids is 2. The number of likely N-dealkylation sites (tertiary alicyclic amines) is 1.